The number of halogens is 1. The average Bonchev–Trinajstić information content (AvgIpc) is 2.84. The molecule has 0 aliphatic rings. The SMILES string of the molecule is COc1cc(Cl)ccc1-c1nnc(CNC(C)(C)C)o1. The second-order valence-corrected chi connectivity index (χ2v) is 5.89. The van der Waals surface area contributed by atoms with Crippen LogP contribution in [0.3, 0.4) is 0 Å². The first-order chi connectivity index (χ1) is 9.39. The van der Waals surface area contributed by atoms with Crippen LogP contribution >= 0.6 is 11.6 Å². The van der Waals surface area contributed by atoms with E-state index in [2.05, 4.69) is 36.3 Å². The predicted molar refractivity (Wildman–Crippen MR) is 77.9 cm³/mol. The molecule has 5 nitrogen and oxygen atoms in total. The maximum absolute atomic E-state index is 5.93. The zero-order chi connectivity index (χ0) is 14.8. The van der Waals surface area contributed by atoms with Crippen molar-refractivity contribution in [1.82, 2.24) is 15.5 Å². The number of hydrogen-bond acceptors (Lipinski definition) is 5. The van der Waals surface area contributed by atoms with E-state index in [1.807, 2.05) is 0 Å². The van der Waals surface area contributed by atoms with Gasteiger partial charge in [0.15, 0.2) is 0 Å². The lowest BCUT2D eigenvalue weighted by Gasteiger charge is -2.18. The van der Waals surface area contributed by atoms with Gasteiger partial charge in [-0.2, -0.15) is 0 Å². The summed E-state index contributed by atoms with van der Waals surface area (Å²) in [4.78, 5) is 0. The lowest BCUT2D eigenvalue weighted by Crippen LogP contribution is -2.35. The molecule has 0 unspecified atom stereocenters. The maximum atomic E-state index is 5.93. The fourth-order valence-electron chi connectivity index (χ4n) is 1.62. The second kappa shape index (κ2) is 5.81. The van der Waals surface area contributed by atoms with E-state index in [9.17, 15) is 0 Å². The zero-order valence-corrected chi connectivity index (χ0v) is 12.8. The number of nitrogens with one attached hydrogen (secondary N) is 1. The molecule has 0 spiro atoms. The van der Waals surface area contributed by atoms with E-state index in [1.165, 1.54) is 0 Å². The number of rotatable bonds is 4. The molecule has 0 aliphatic carbocycles. The normalized spacial score (nSPS) is 11.7. The fourth-order valence-corrected chi connectivity index (χ4v) is 1.78. The number of benzene rings is 1. The third kappa shape index (κ3) is 3.71. The largest absolute Gasteiger partial charge is 0.496 e. The number of hydrogen-bond donors (Lipinski definition) is 1. The smallest absolute Gasteiger partial charge is 0.251 e. The Hall–Kier alpha value is -1.59. The standard InChI is InChI=1S/C14H18ClN3O2/c1-14(2,3)16-8-12-17-18-13(20-12)10-6-5-9(15)7-11(10)19-4/h5-7,16H,8H2,1-4H3. The van der Waals surface area contributed by atoms with Crippen molar-refractivity contribution in [3.8, 4) is 17.2 Å². The summed E-state index contributed by atoms with van der Waals surface area (Å²) in [5.74, 6) is 1.56. The van der Waals surface area contributed by atoms with Crippen molar-refractivity contribution in [2.45, 2.75) is 32.9 Å². The molecule has 2 rings (SSSR count). The van der Waals surface area contributed by atoms with Crippen molar-refractivity contribution < 1.29 is 9.15 Å². The number of ether oxygens (including phenoxy) is 1. The lowest BCUT2D eigenvalue weighted by molar-refractivity contribution is 0.382. The van der Waals surface area contributed by atoms with Crippen molar-refractivity contribution >= 4 is 11.6 Å². The Morgan fingerprint density at radius 1 is 1.30 bits per heavy atom. The van der Waals surface area contributed by atoms with Gasteiger partial charge >= 0.3 is 0 Å². The summed E-state index contributed by atoms with van der Waals surface area (Å²) < 4.78 is 10.9. The number of aromatic nitrogens is 2. The van der Waals surface area contributed by atoms with Gasteiger partial charge < -0.3 is 14.5 Å². The third-order valence-corrected chi connectivity index (χ3v) is 2.87. The van der Waals surface area contributed by atoms with Crippen LogP contribution in [0, 0.1) is 0 Å². The van der Waals surface area contributed by atoms with E-state index >= 15 is 0 Å². The van der Waals surface area contributed by atoms with E-state index in [4.69, 9.17) is 20.8 Å². The summed E-state index contributed by atoms with van der Waals surface area (Å²) in [7, 11) is 1.58. The van der Waals surface area contributed by atoms with Crippen molar-refractivity contribution in [3.63, 3.8) is 0 Å². The summed E-state index contributed by atoms with van der Waals surface area (Å²) in [5.41, 5.74) is 0.721. The minimum atomic E-state index is -0.00735. The molecule has 1 aromatic heterocycles. The molecule has 1 N–H and O–H groups in total. The van der Waals surface area contributed by atoms with Crippen molar-refractivity contribution in [3.05, 3.63) is 29.1 Å². The van der Waals surface area contributed by atoms with E-state index in [0.717, 1.165) is 5.56 Å². The molecule has 0 saturated carbocycles. The third-order valence-electron chi connectivity index (χ3n) is 2.63. The van der Waals surface area contributed by atoms with Gasteiger partial charge in [-0.25, -0.2) is 0 Å². The highest BCUT2D eigenvalue weighted by Gasteiger charge is 2.15. The fraction of sp³-hybridized carbons (Fsp3) is 0.429. The number of methoxy groups -OCH3 is 1. The highest BCUT2D eigenvalue weighted by Crippen LogP contribution is 2.31. The van der Waals surface area contributed by atoms with E-state index < -0.39 is 0 Å². The summed E-state index contributed by atoms with van der Waals surface area (Å²) in [6, 6.07) is 5.28. The molecule has 0 fully saturated rings. The summed E-state index contributed by atoms with van der Waals surface area (Å²) >= 11 is 5.93. The van der Waals surface area contributed by atoms with Gasteiger partial charge in [0.25, 0.3) is 5.89 Å². The predicted octanol–water partition coefficient (Wildman–Crippen LogP) is 3.29. The molecular formula is C14H18ClN3O2. The molecule has 1 aromatic carbocycles. The lowest BCUT2D eigenvalue weighted by atomic mass is 10.1. The highest BCUT2D eigenvalue weighted by molar-refractivity contribution is 6.30. The Labute approximate surface area is 123 Å². The molecule has 0 saturated heterocycles. The van der Waals surface area contributed by atoms with Crippen LogP contribution in [0.5, 0.6) is 5.75 Å². The Kier molecular flexibility index (Phi) is 4.30. The summed E-state index contributed by atoms with van der Waals surface area (Å²) in [6.07, 6.45) is 0. The van der Waals surface area contributed by atoms with E-state index in [0.29, 0.717) is 29.1 Å². The Balaban J connectivity index is 2.20. The quantitative estimate of drug-likeness (QED) is 0.938. The minimum absolute atomic E-state index is 0.00735. The van der Waals surface area contributed by atoms with Crippen LogP contribution in [0.1, 0.15) is 26.7 Å². The molecule has 2 aromatic rings. The Bertz CT molecular complexity index is 590. The van der Waals surface area contributed by atoms with Crippen LogP contribution in [0.2, 0.25) is 5.02 Å². The van der Waals surface area contributed by atoms with Crippen LogP contribution in [0.25, 0.3) is 11.5 Å². The molecule has 6 heteroatoms. The molecule has 0 atom stereocenters. The van der Waals surface area contributed by atoms with Gasteiger partial charge in [0.05, 0.1) is 19.2 Å². The Morgan fingerprint density at radius 3 is 2.70 bits per heavy atom. The molecule has 0 aliphatic heterocycles. The average molecular weight is 296 g/mol. The molecular weight excluding hydrogens is 278 g/mol. The van der Waals surface area contributed by atoms with Crippen LogP contribution in [-0.2, 0) is 6.54 Å². The topological polar surface area (TPSA) is 60.2 Å². The number of nitrogens with zero attached hydrogens (tertiary/aromatic N) is 2. The van der Waals surface area contributed by atoms with Gasteiger partial charge in [-0.1, -0.05) is 11.6 Å². The van der Waals surface area contributed by atoms with Crippen LogP contribution in [-0.4, -0.2) is 22.8 Å². The summed E-state index contributed by atoms with van der Waals surface area (Å²) in [6.45, 7) is 6.75. The van der Waals surface area contributed by atoms with Gasteiger partial charge in [-0.15, -0.1) is 10.2 Å². The van der Waals surface area contributed by atoms with Gasteiger partial charge in [-0.3, -0.25) is 0 Å². The first-order valence-corrected chi connectivity index (χ1v) is 6.68. The maximum Gasteiger partial charge on any atom is 0.251 e. The van der Waals surface area contributed by atoms with Crippen molar-refractivity contribution in [2.75, 3.05) is 7.11 Å². The van der Waals surface area contributed by atoms with Gasteiger partial charge in [0.1, 0.15) is 5.75 Å². The van der Waals surface area contributed by atoms with Crippen molar-refractivity contribution in [2.24, 2.45) is 0 Å². The first kappa shape index (κ1) is 14.8. The Morgan fingerprint density at radius 2 is 2.05 bits per heavy atom. The zero-order valence-electron chi connectivity index (χ0n) is 12.0. The van der Waals surface area contributed by atoms with E-state index in [1.54, 1.807) is 25.3 Å². The van der Waals surface area contributed by atoms with Gasteiger partial charge in [0, 0.05) is 10.6 Å². The minimum Gasteiger partial charge on any atom is -0.496 e. The van der Waals surface area contributed by atoms with Gasteiger partial charge in [-0.05, 0) is 39.0 Å². The first-order valence-electron chi connectivity index (χ1n) is 6.30. The van der Waals surface area contributed by atoms with Gasteiger partial charge in [0.2, 0.25) is 5.89 Å². The molecule has 20 heavy (non-hydrogen) atoms. The van der Waals surface area contributed by atoms with E-state index in [-0.39, 0.29) is 5.54 Å². The molecule has 0 bridgehead atoms. The molecule has 0 amide bonds. The van der Waals surface area contributed by atoms with Crippen LogP contribution < -0.4 is 10.1 Å². The van der Waals surface area contributed by atoms with Crippen molar-refractivity contribution in [1.29, 1.82) is 0 Å². The monoisotopic (exact) mass is 295 g/mol. The highest BCUT2D eigenvalue weighted by atomic mass is 35.5. The molecule has 108 valence electrons. The van der Waals surface area contributed by atoms with Crippen LogP contribution in [0.4, 0.5) is 0 Å². The molecule has 1 heterocycles. The second-order valence-electron chi connectivity index (χ2n) is 5.45. The molecule has 0 radical (unpaired) electrons. The van der Waals surface area contributed by atoms with Crippen LogP contribution in [0.15, 0.2) is 22.6 Å². The summed E-state index contributed by atoms with van der Waals surface area (Å²) in [5, 5.41) is 12.0.